The van der Waals surface area contributed by atoms with Crippen LogP contribution >= 0.6 is 24.8 Å². The molecule has 0 N–H and O–H groups in total. The number of halogens is 2. The van der Waals surface area contributed by atoms with Gasteiger partial charge in [0.2, 0.25) is 0 Å². The van der Waals surface area contributed by atoms with Crippen LogP contribution in [0.4, 0.5) is 0 Å². The summed E-state index contributed by atoms with van der Waals surface area (Å²) >= 11 is 1.30. The summed E-state index contributed by atoms with van der Waals surface area (Å²) in [4.78, 5) is 0. The number of aryl methyl sites for hydroxylation is 2. The summed E-state index contributed by atoms with van der Waals surface area (Å²) in [6.45, 7) is 18.0. The molecule has 6 aromatic carbocycles. The van der Waals surface area contributed by atoms with Gasteiger partial charge in [0.05, 0.1) is 0 Å². The SMILES string of the molecule is CC(C)(C)c1cc2c([c-]c1-c1ccccc1)Cc1cc(-c3ccccc3)c(C(C)(C)C)cc1-2.Cc1c[c-]ccc1.Cc1c[c-]ccc1.Cl.Cl.[C-]1=CC=CC1.[CH2]=[Zr]. The zero-order chi connectivity index (χ0) is 39.1. The molecule has 0 saturated carbocycles. The number of hydrogen-bond donors (Lipinski definition) is 0. The fourth-order valence-corrected chi connectivity index (χ4v) is 6.41. The van der Waals surface area contributed by atoms with E-state index in [-0.39, 0.29) is 35.6 Å². The molecule has 0 bridgehead atoms. The predicted octanol–water partition coefficient (Wildman–Crippen LogP) is 14.7. The van der Waals surface area contributed by atoms with Crippen LogP contribution in [-0.2, 0) is 41.5 Å². The second kappa shape index (κ2) is 23.4. The van der Waals surface area contributed by atoms with Crippen molar-refractivity contribution in [3.05, 3.63) is 203 Å². The minimum atomic E-state index is 0. The maximum absolute atomic E-state index is 3.88. The molecule has 0 amide bonds. The van der Waals surface area contributed by atoms with Crippen molar-refractivity contribution in [1.29, 1.82) is 0 Å². The van der Waals surface area contributed by atoms with Crippen molar-refractivity contribution in [3.63, 3.8) is 0 Å². The molecule has 0 atom stereocenters. The molecule has 3 heteroatoms. The van der Waals surface area contributed by atoms with Gasteiger partial charge in [-0.05, 0) is 39.5 Å². The number of rotatable bonds is 2. The molecule has 0 saturated heterocycles. The van der Waals surface area contributed by atoms with E-state index in [0.29, 0.717) is 0 Å². The summed E-state index contributed by atoms with van der Waals surface area (Å²) in [5, 5.41) is 0. The van der Waals surface area contributed by atoms with Crippen molar-refractivity contribution < 1.29 is 24.2 Å². The molecule has 0 fully saturated rings. The van der Waals surface area contributed by atoms with Crippen LogP contribution in [0.2, 0.25) is 0 Å². The Labute approximate surface area is 366 Å². The van der Waals surface area contributed by atoms with Gasteiger partial charge in [0.25, 0.3) is 0 Å². The van der Waals surface area contributed by atoms with Gasteiger partial charge in [-0.3, -0.25) is 6.08 Å². The summed E-state index contributed by atoms with van der Waals surface area (Å²) in [5.74, 6) is 0. The third kappa shape index (κ3) is 14.0. The maximum atomic E-state index is 3.88. The van der Waals surface area contributed by atoms with Gasteiger partial charge in [-0.2, -0.15) is 77.9 Å². The molecule has 8 rings (SSSR count). The first-order chi connectivity index (χ1) is 25.9. The van der Waals surface area contributed by atoms with Crippen LogP contribution in [0.1, 0.15) is 81.3 Å². The molecule has 0 unspecified atom stereocenters. The van der Waals surface area contributed by atoms with Crippen LogP contribution in [0, 0.1) is 38.1 Å². The number of allylic oxidation sites excluding steroid dienone is 4. The summed E-state index contributed by atoms with van der Waals surface area (Å²) in [6, 6.07) is 54.5. The standard InChI is InChI=1S/C33H33.2C7H7.C5H5.CH2.2ClH.Zr/c1-32(2,3)30-20-26-24(18-28(30)22-13-9-7-10-14-22)17-25-19-29(23-15-11-8-12-16-23)31(21-27(25)26)33(4,5)6;2*1-7-5-3-2-4-6-7;1-2-4-5-3-1;;;;/h7-16,18,20-21H,17H2,1-6H3;2*2-3,5-6H,1H3;1-3H,4H2;1H2;2*1H;/q4*-1;;;;. The molecule has 56 heavy (non-hydrogen) atoms. The van der Waals surface area contributed by atoms with Crippen LogP contribution in [0.5, 0.6) is 0 Å². The van der Waals surface area contributed by atoms with Gasteiger partial charge in [0, 0.05) is 0 Å². The molecule has 0 radical (unpaired) electrons. The summed E-state index contributed by atoms with van der Waals surface area (Å²) in [6.07, 6.45) is 10.9. The number of benzene rings is 6. The van der Waals surface area contributed by atoms with Gasteiger partial charge < -0.3 is 0 Å². The molecule has 0 spiro atoms. The summed E-state index contributed by atoms with van der Waals surface area (Å²) in [7, 11) is 0. The van der Waals surface area contributed by atoms with Crippen molar-refractivity contribution >= 4 is 29.0 Å². The van der Waals surface area contributed by atoms with E-state index >= 15 is 0 Å². The van der Waals surface area contributed by atoms with Gasteiger partial charge in [-0.15, -0.1) is 60.1 Å². The molecule has 0 nitrogen and oxygen atoms in total. The van der Waals surface area contributed by atoms with Gasteiger partial charge in [-0.25, -0.2) is 12.2 Å². The van der Waals surface area contributed by atoms with E-state index in [2.05, 4.69) is 181 Å². The monoisotopic (exact) mass is 852 g/mol. The van der Waals surface area contributed by atoms with Gasteiger partial charge in [-0.1, -0.05) is 145 Å². The Morgan fingerprint density at radius 3 is 1.50 bits per heavy atom. The summed E-state index contributed by atoms with van der Waals surface area (Å²) in [5.41, 5.74) is 16.0. The number of fused-ring (bicyclic) bond motifs is 3. The van der Waals surface area contributed by atoms with Crippen LogP contribution in [0.25, 0.3) is 33.4 Å². The van der Waals surface area contributed by atoms with Crippen molar-refractivity contribution in [1.82, 2.24) is 0 Å². The van der Waals surface area contributed by atoms with Crippen LogP contribution in [-0.4, -0.2) is 4.21 Å². The van der Waals surface area contributed by atoms with Crippen molar-refractivity contribution in [2.24, 2.45) is 0 Å². The number of hydrogen-bond acceptors (Lipinski definition) is 0. The van der Waals surface area contributed by atoms with Crippen LogP contribution in [0.15, 0.2) is 146 Å². The van der Waals surface area contributed by atoms with Crippen LogP contribution in [0.3, 0.4) is 0 Å². The first-order valence-electron chi connectivity index (χ1n) is 18.7. The zero-order valence-corrected chi connectivity index (χ0v) is 38.4. The predicted molar refractivity (Wildman–Crippen MR) is 245 cm³/mol. The van der Waals surface area contributed by atoms with E-state index in [1.165, 1.54) is 91.0 Å². The molecule has 2 aliphatic carbocycles. The molecule has 0 heterocycles. The average molecular weight is 855 g/mol. The van der Waals surface area contributed by atoms with Gasteiger partial charge >= 0.3 is 28.4 Å². The van der Waals surface area contributed by atoms with Crippen LogP contribution < -0.4 is 0 Å². The van der Waals surface area contributed by atoms with E-state index in [4.69, 9.17) is 0 Å². The van der Waals surface area contributed by atoms with Gasteiger partial charge in [0.15, 0.2) is 0 Å². The Kier molecular flexibility index (Phi) is 20.2. The molecular formula is C53H56Cl2Zr-4. The van der Waals surface area contributed by atoms with Crippen molar-refractivity contribution in [3.8, 4) is 33.4 Å². The average Bonchev–Trinajstić information content (AvgIpc) is 3.88. The van der Waals surface area contributed by atoms with E-state index in [1.54, 1.807) is 0 Å². The van der Waals surface area contributed by atoms with E-state index < -0.39 is 0 Å². The molecule has 0 aromatic heterocycles. The van der Waals surface area contributed by atoms with Gasteiger partial charge in [0.1, 0.15) is 0 Å². The fraction of sp³-hybridized carbons (Fsp3) is 0.226. The fourth-order valence-electron chi connectivity index (χ4n) is 6.41. The topological polar surface area (TPSA) is 0 Å². The Morgan fingerprint density at radius 2 is 1.11 bits per heavy atom. The van der Waals surface area contributed by atoms with E-state index in [9.17, 15) is 0 Å². The molecular weight excluding hydrogens is 799 g/mol. The molecule has 2 aliphatic rings. The normalized spacial score (nSPS) is 11.5. The van der Waals surface area contributed by atoms with E-state index in [1.807, 2.05) is 48.6 Å². The molecule has 0 aliphatic heterocycles. The van der Waals surface area contributed by atoms with E-state index in [0.717, 1.165) is 12.8 Å². The summed E-state index contributed by atoms with van der Waals surface area (Å²) < 4.78 is 3.34. The zero-order valence-electron chi connectivity index (χ0n) is 34.3. The second-order valence-electron chi connectivity index (χ2n) is 15.6. The molecule has 290 valence electrons. The van der Waals surface area contributed by atoms with Crippen molar-refractivity contribution in [2.45, 2.75) is 79.1 Å². The first-order valence-corrected chi connectivity index (χ1v) is 20.5. The third-order valence-corrected chi connectivity index (χ3v) is 9.13. The second-order valence-corrected chi connectivity index (χ2v) is 15.6. The minimum absolute atomic E-state index is 0. The van der Waals surface area contributed by atoms with Crippen molar-refractivity contribution in [2.75, 3.05) is 0 Å². The quantitative estimate of drug-likeness (QED) is 0.152. The first kappa shape index (κ1) is 48.3. The Hall–Kier alpha value is -3.87. The molecule has 6 aromatic rings. The Morgan fingerprint density at radius 1 is 0.589 bits per heavy atom. The third-order valence-electron chi connectivity index (χ3n) is 9.13. The Bertz CT molecular complexity index is 1950. The Balaban J connectivity index is 0.000000382.